The molecule has 17 heavy (non-hydrogen) atoms. The number of fused-ring (bicyclic) bond motifs is 1. The Kier molecular flexibility index (Phi) is 2.08. The van der Waals surface area contributed by atoms with Crippen molar-refractivity contribution >= 4 is 11.5 Å². The second-order valence-corrected chi connectivity index (χ2v) is 3.96. The van der Waals surface area contributed by atoms with E-state index in [1.54, 1.807) is 6.20 Å². The second-order valence-electron chi connectivity index (χ2n) is 3.96. The summed E-state index contributed by atoms with van der Waals surface area (Å²) in [6, 6.07) is 9.62. The third-order valence-electron chi connectivity index (χ3n) is 2.80. The summed E-state index contributed by atoms with van der Waals surface area (Å²) in [4.78, 5) is 8.75. The fourth-order valence-corrected chi connectivity index (χ4v) is 1.96. The molecule has 2 aromatic heterocycles. The zero-order valence-electron chi connectivity index (χ0n) is 9.46. The SMILES string of the molecule is Cc1c(-c2cccc(N)c2)nc2ncccn12. The van der Waals surface area contributed by atoms with Crippen molar-refractivity contribution in [1.82, 2.24) is 14.4 Å². The predicted molar refractivity (Wildman–Crippen MR) is 67.6 cm³/mol. The standard InChI is InChI=1S/C13H12N4/c1-9-12(10-4-2-5-11(14)8-10)16-13-15-6-3-7-17(9)13/h2-8H,14H2,1H3. The summed E-state index contributed by atoms with van der Waals surface area (Å²) < 4.78 is 1.97. The van der Waals surface area contributed by atoms with Crippen molar-refractivity contribution in [2.24, 2.45) is 0 Å². The number of nitrogens with two attached hydrogens (primary N) is 1. The van der Waals surface area contributed by atoms with Crippen molar-refractivity contribution in [2.45, 2.75) is 6.92 Å². The molecule has 3 rings (SSSR count). The molecule has 0 aliphatic heterocycles. The van der Waals surface area contributed by atoms with Gasteiger partial charge >= 0.3 is 0 Å². The normalized spacial score (nSPS) is 10.9. The lowest BCUT2D eigenvalue weighted by atomic mass is 10.1. The van der Waals surface area contributed by atoms with Gasteiger partial charge in [0.1, 0.15) is 0 Å². The summed E-state index contributed by atoms with van der Waals surface area (Å²) in [5, 5.41) is 0. The Morgan fingerprint density at radius 2 is 2.12 bits per heavy atom. The van der Waals surface area contributed by atoms with Gasteiger partial charge in [0, 0.05) is 29.3 Å². The second kappa shape index (κ2) is 3.59. The molecular formula is C13H12N4. The Hall–Kier alpha value is -2.36. The number of anilines is 1. The summed E-state index contributed by atoms with van der Waals surface area (Å²) in [5.74, 6) is 0.711. The van der Waals surface area contributed by atoms with E-state index >= 15 is 0 Å². The minimum absolute atomic E-state index is 0.711. The third-order valence-corrected chi connectivity index (χ3v) is 2.80. The highest BCUT2D eigenvalue weighted by atomic mass is 15.1. The maximum atomic E-state index is 5.79. The summed E-state index contributed by atoms with van der Waals surface area (Å²) in [7, 11) is 0. The largest absolute Gasteiger partial charge is 0.399 e. The summed E-state index contributed by atoms with van der Waals surface area (Å²) in [6.45, 7) is 2.03. The van der Waals surface area contributed by atoms with Crippen molar-refractivity contribution in [3.05, 3.63) is 48.4 Å². The molecule has 0 spiro atoms. The third kappa shape index (κ3) is 1.54. The van der Waals surface area contributed by atoms with Gasteiger partial charge in [-0.1, -0.05) is 12.1 Å². The fourth-order valence-electron chi connectivity index (χ4n) is 1.96. The molecule has 4 nitrogen and oxygen atoms in total. The van der Waals surface area contributed by atoms with Crippen LogP contribution in [0, 0.1) is 6.92 Å². The summed E-state index contributed by atoms with van der Waals surface area (Å²) in [5.41, 5.74) is 9.55. The fraction of sp³-hybridized carbons (Fsp3) is 0.0769. The number of aromatic nitrogens is 3. The van der Waals surface area contributed by atoms with Gasteiger partial charge in [0.2, 0.25) is 5.78 Å². The molecule has 0 aliphatic rings. The number of hydrogen-bond acceptors (Lipinski definition) is 3. The van der Waals surface area contributed by atoms with Crippen molar-refractivity contribution < 1.29 is 0 Å². The Bertz CT molecular complexity index is 685. The average molecular weight is 224 g/mol. The van der Waals surface area contributed by atoms with Crippen LogP contribution < -0.4 is 5.73 Å². The minimum atomic E-state index is 0.711. The number of benzene rings is 1. The quantitative estimate of drug-likeness (QED) is 0.645. The van der Waals surface area contributed by atoms with Gasteiger partial charge < -0.3 is 5.73 Å². The Labute approximate surface area is 98.8 Å². The number of aryl methyl sites for hydroxylation is 1. The van der Waals surface area contributed by atoms with Crippen LogP contribution in [0.1, 0.15) is 5.69 Å². The Morgan fingerprint density at radius 3 is 2.88 bits per heavy atom. The van der Waals surface area contributed by atoms with Gasteiger partial charge in [-0.2, -0.15) is 0 Å². The molecule has 0 aliphatic carbocycles. The molecule has 0 fully saturated rings. The Morgan fingerprint density at radius 1 is 1.24 bits per heavy atom. The van der Waals surface area contributed by atoms with Crippen LogP contribution in [0.15, 0.2) is 42.7 Å². The molecule has 2 heterocycles. The van der Waals surface area contributed by atoms with Crippen molar-refractivity contribution in [2.75, 3.05) is 5.73 Å². The Balaban J connectivity index is 2.27. The van der Waals surface area contributed by atoms with Crippen LogP contribution in [0.5, 0.6) is 0 Å². The minimum Gasteiger partial charge on any atom is -0.399 e. The van der Waals surface area contributed by atoms with Gasteiger partial charge in [-0.15, -0.1) is 0 Å². The van der Waals surface area contributed by atoms with Crippen LogP contribution in [0.25, 0.3) is 17.0 Å². The van der Waals surface area contributed by atoms with Crippen LogP contribution in [0.3, 0.4) is 0 Å². The first kappa shape index (κ1) is 9.84. The topological polar surface area (TPSA) is 56.2 Å². The smallest absolute Gasteiger partial charge is 0.234 e. The van der Waals surface area contributed by atoms with Gasteiger partial charge in [0.05, 0.1) is 5.69 Å². The molecule has 84 valence electrons. The predicted octanol–water partition coefficient (Wildman–Crippen LogP) is 2.29. The van der Waals surface area contributed by atoms with Crippen molar-refractivity contribution in [3.63, 3.8) is 0 Å². The van der Waals surface area contributed by atoms with E-state index in [0.717, 1.165) is 22.6 Å². The van der Waals surface area contributed by atoms with E-state index in [1.165, 1.54) is 0 Å². The highest BCUT2D eigenvalue weighted by molar-refractivity contribution is 5.68. The van der Waals surface area contributed by atoms with E-state index in [1.807, 2.05) is 47.9 Å². The lowest BCUT2D eigenvalue weighted by Crippen LogP contribution is -1.89. The van der Waals surface area contributed by atoms with E-state index in [-0.39, 0.29) is 0 Å². The van der Waals surface area contributed by atoms with E-state index < -0.39 is 0 Å². The lowest BCUT2D eigenvalue weighted by Gasteiger charge is -2.00. The molecule has 3 aromatic rings. The van der Waals surface area contributed by atoms with E-state index in [2.05, 4.69) is 9.97 Å². The molecule has 0 saturated carbocycles. The van der Waals surface area contributed by atoms with Gasteiger partial charge in [-0.25, -0.2) is 9.97 Å². The lowest BCUT2D eigenvalue weighted by molar-refractivity contribution is 1.06. The maximum absolute atomic E-state index is 5.79. The number of nitrogen functional groups attached to an aromatic ring is 1. The van der Waals surface area contributed by atoms with Crippen LogP contribution in [0.4, 0.5) is 5.69 Å². The number of nitrogens with zero attached hydrogens (tertiary/aromatic N) is 3. The first-order chi connectivity index (χ1) is 8.25. The zero-order valence-corrected chi connectivity index (χ0v) is 9.46. The maximum Gasteiger partial charge on any atom is 0.234 e. The molecule has 0 saturated heterocycles. The molecule has 0 radical (unpaired) electrons. The molecule has 0 atom stereocenters. The van der Waals surface area contributed by atoms with Crippen molar-refractivity contribution in [3.8, 4) is 11.3 Å². The highest BCUT2D eigenvalue weighted by Gasteiger charge is 2.10. The molecule has 1 aromatic carbocycles. The zero-order chi connectivity index (χ0) is 11.8. The first-order valence-electron chi connectivity index (χ1n) is 5.41. The molecule has 0 amide bonds. The summed E-state index contributed by atoms with van der Waals surface area (Å²) in [6.07, 6.45) is 3.70. The van der Waals surface area contributed by atoms with E-state index in [0.29, 0.717) is 5.78 Å². The van der Waals surface area contributed by atoms with Gasteiger partial charge in [-0.05, 0) is 25.1 Å². The van der Waals surface area contributed by atoms with Crippen LogP contribution >= 0.6 is 0 Å². The van der Waals surface area contributed by atoms with Crippen LogP contribution in [-0.2, 0) is 0 Å². The van der Waals surface area contributed by atoms with Gasteiger partial charge in [0.15, 0.2) is 0 Å². The first-order valence-corrected chi connectivity index (χ1v) is 5.41. The number of imidazole rings is 1. The molecule has 0 unspecified atom stereocenters. The highest BCUT2D eigenvalue weighted by Crippen LogP contribution is 2.24. The average Bonchev–Trinajstić information content (AvgIpc) is 2.68. The van der Waals surface area contributed by atoms with Gasteiger partial charge in [-0.3, -0.25) is 4.40 Å². The molecule has 2 N–H and O–H groups in total. The molecule has 0 bridgehead atoms. The van der Waals surface area contributed by atoms with Gasteiger partial charge in [0.25, 0.3) is 0 Å². The van der Waals surface area contributed by atoms with E-state index in [4.69, 9.17) is 5.73 Å². The number of rotatable bonds is 1. The molecular weight excluding hydrogens is 212 g/mol. The van der Waals surface area contributed by atoms with Crippen LogP contribution in [-0.4, -0.2) is 14.4 Å². The number of hydrogen-bond donors (Lipinski definition) is 1. The monoisotopic (exact) mass is 224 g/mol. The van der Waals surface area contributed by atoms with Crippen molar-refractivity contribution in [1.29, 1.82) is 0 Å². The van der Waals surface area contributed by atoms with Crippen LogP contribution in [0.2, 0.25) is 0 Å². The summed E-state index contributed by atoms with van der Waals surface area (Å²) >= 11 is 0. The van der Waals surface area contributed by atoms with E-state index in [9.17, 15) is 0 Å². The molecule has 4 heteroatoms.